The number of nitrogens with zero attached hydrogens (tertiary/aromatic N) is 1. The van der Waals surface area contributed by atoms with Crippen molar-refractivity contribution in [3.05, 3.63) is 35.9 Å². The summed E-state index contributed by atoms with van der Waals surface area (Å²) in [4.78, 5) is 11.9. The van der Waals surface area contributed by atoms with Gasteiger partial charge >= 0.3 is 0 Å². The molecule has 0 aliphatic heterocycles. The number of carbonyl (C=O) groups excluding carboxylic acids is 1. The summed E-state index contributed by atoms with van der Waals surface area (Å²) in [5.74, 6) is -0.137. The Morgan fingerprint density at radius 3 is 2.48 bits per heavy atom. The topological polar surface area (TPSA) is 92.5 Å². The fourth-order valence-electron chi connectivity index (χ4n) is 1.96. The van der Waals surface area contributed by atoms with Gasteiger partial charge in [-0.1, -0.05) is 30.3 Å². The van der Waals surface area contributed by atoms with E-state index in [0.29, 0.717) is 25.9 Å². The Morgan fingerprint density at radius 2 is 1.91 bits per heavy atom. The molecule has 0 heterocycles. The maximum absolute atomic E-state index is 11.9. The van der Waals surface area contributed by atoms with Crippen LogP contribution in [-0.2, 0) is 21.2 Å². The van der Waals surface area contributed by atoms with Gasteiger partial charge in [0.15, 0.2) is 0 Å². The van der Waals surface area contributed by atoms with Crippen LogP contribution in [0, 0.1) is 0 Å². The van der Waals surface area contributed by atoms with Crippen molar-refractivity contribution in [3.63, 3.8) is 0 Å². The van der Waals surface area contributed by atoms with Gasteiger partial charge in [-0.15, -0.1) is 12.4 Å². The van der Waals surface area contributed by atoms with Crippen molar-refractivity contribution < 1.29 is 13.2 Å². The van der Waals surface area contributed by atoms with E-state index in [9.17, 15) is 13.2 Å². The number of carbonyl (C=O) groups is 1. The molecule has 8 heteroatoms. The molecule has 23 heavy (non-hydrogen) atoms. The number of hydrogen-bond acceptors (Lipinski definition) is 4. The van der Waals surface area contributed by atoms with E-state index in [1.54, 1.807) is 14.0 Å². The van der Waals surface area contributed by atoms with E-state index in [0.717, 1.165) is 5.56 Å². The maximum Gasteiger partial charge on any atom is 0.237 e. The van der Waals surface area contributed by atoms with Crippen LogP contribution in [0.25, 0.3) is 0 Å². The fraction of sp³-hybridized carbons (Fsp3) is 0.533. The molecule has 1 rings (SSSR count). The van der Waals surface area contributed by atoms with Crippen molar-refractivity contribution in [2.24, 2.45) is 5.73 Å². The zero-order valence-electron chi connectivity index (χ0n) is 13.6. The van der Waals surface area contributed by atoms with Crippen molar-refractivity contribution in [2.75, 3.05) is 25.9 Å². The zero-order valence-corrected chi connectivity index (χ0v) is 15.2. The van der Waals surface area contributed by atoms with Crippen LogP contribution in [0.1, 0.15) is 18.9 Å². The van der Waals surface area contributed by atoms with Gasteiger partial charge in [0, 0.05) is 20.1 Å². The summed E-state index contributed by atoms with van der Waals surface area (Å²) in [6.07, 6.45) is 1.04. The predicted molar refractivity (Wildman–Crippen MR) is 95.1 cm³/mol. The third-order valence-electron chi connectivity index (χ3n) is 3.42. The molecule has 0 aliphatic carbocycles. The van der Waals surface area contributed by atoms with Gasteiger partial charge in [-0.25, -0.2) is 12.7 Å². The number of sulfonamides is 1. The molecule has 1 atom stereocenters. The van der Waals surface area contributed by atoms with Gasteiger partial charge in [-0.3, -0.25) is 4.79 Å². The van der Waals surface area contributed by atoms with Gasteiger partial charge in [0.2, 0.25) is 15.9 Å². The molecule has 0 unspecified atom stereocenters. The number of nitrogens with one attached hydrogen (secondary N) is 1. The molecule has 1 aromatic carbocycles. The number of rotatable bonds is 9. The summed E-state index contributed by atoms with van der Waals surface area (Å²) in [6, 6.07) is 8.98. The molecule has 1 aromatic rings. The standard InChI is InChI=1S/C15H25N3O3S.ClH/c1-3-22(20,21)18(2)11-7-10-17-15(19)14(16)12-13-8-5-4-6-9-13;/h4-6,8-9,14H,3,7,10-12,16H2,1-2H3,(H,17,19);1H/t14-;/m0./s1. The molecule has 0 saturated carbocycles. The average Bonchev–Trinajstić information content (AvgIpc) is 2.51. The summed E-state index contributed by atoms with van der Waals surface area (Å²) in [5.41, 5.74) is 6.88. The normalized spacial score (nSPS) is 12.5. The fourth-order valence-corrected chi connectivity index (χ4v) is 2.81. The van der Waals surface area contributed by atoms with Gasteiger partial charge in [-0.05, 0) is 25.3 Å². The lowest BCUT2D eigenvalue weighted by Crippen LogP contribution is -2.43. The smallest absolute Gasteiger partial charge is 0.237 e. The lowest BCUT2D eigenvalue weighted by molar-refractivity contribution is -0.122. The minimum absolute atomic E-state index is 0. The highest BCUT2D eigenvalue weighted by Gasteiger charge is 2.16. The second kappa shape index (κ2) is 10.6. The quantitative estimate of drug-likeness (QED) is 0.634. The maximum atomic E-state index is 11.9. The summed E-state index contributed by atoms with van der Waals surface area (Å²) in [5, 5.41) is 2.74. The second-order valence-electron chi connectivity index (χ2n) is 5.16. The first-order valence-electron chi connectivity index (χ1n) is 7.38. The Morgan fingerprint density at radius 1 is 1.30 bits per heavy atom. The van der Waals surface area contributed by atoms with Crippen LogP contribution in [0.3, 0.4) is 0 Å². The van der Waals surface area contributed by atoms with Crippen LogP contribution in [0.15, 0.2) is 30.3 Å². The Kier molecular flexibility index (Phi) is 10.1. The van der Waals surface area contributed by atoms with E-state index < -0.39 is 16.1 Å². The van der Waals surface area contributed by atoms with Crippen molar-refractivity contribution in [1.82, 2.24) is 9.62 Å². The molecular weight excluding hydrogens is 338 g/mol. The van der Waals surface area contributed by atoms with E-state index in [2.05, 4.69) is 5.32 Å². The highest BCUT2D eigenvalue weighted by atomic mass is 35.5. The molecule has 0 aromatic heterocycles. The largest absolute Gasteiger partial charge is 0.355 e. The van der Waals surface area contributed by atoms with Gasteiger partial charge in [0.25, 0.3) is 0 Å². The summed E-state index contributed by atoms with van der Waals surface area (Å²) < 4.78 is 24.4. The zero-order chi connectivity index (χ0) is 16.6. The van der Waals surface area contributed by atoms with Crippen LogP contribution >= 0.6 is 12.4 Å². The SMILES string of the molecule is CCS(=O)(=O)N(C)CCCNC(=O)[C@@H](N)Cc1ccccc1.Cl. The molecular formula is C15H26ClN3O3S. The number of nitrogens with two attached hydrogens (primary N) is 1. The highest BCUT2D eigenvalue weighted by molar-refractivity contribution is 7.89. The number of amides is 1. The molecule has 0 bridgehead atoms. The molecule has 1 amide bonds. The Labute approximate surface area is 144 Å². The molecule has 0 radical (unpaired) electrons. The Bertz CT molecular complexity index is 567. The van der Waals surface area contributed by atoms with Crippen LogP contribution < -0.4 is 11.1 Å². The first-order chi connectivity index (χ1) is 10.4. The molecule has 132 valence electrons. The Hall–Kier alpha value is -1.15. The molecule has 0 aliphatic rings. The van der Waals surface area contributed by atoms with E-state index in [4.69, 9.17) is 5.73 Å². The van der Waals surface area contributed by atoms with Gasteiger partial charge in [0.05, 0.1) is 11.8 Å². The Balaban J connectivity index is 0.00000484. The van der Waals surface area contributed by atoms with E-state index in [1.165, 1.54) is 4.31 Å². The van der Waals surface area contributed by atoms with Crippen LogP contribution in [0.4, 0.5) is 0 Å². The van der Waals surface area contributed by atoms with Gasteiger partial charge in [0.1, 0.15) is 0 Å². The highest BCUT2D eigenvalue weighted by Crippen LogP contribution is 2.02. The third-order valence-corrected chi connectivity index (χ3v) is 5.29. The second-order valence-corrected chi connectivity index (χ2v) is 7.53. The molecule has 0 fully saturated rings. The summed E-state index contributed by atoms with van der Waals surface area (Å²) in [7, 11) is -1.62. The van der Waals surface area contributed by atoms with Crippen LogP contribution in [0.2, 0.25) is 0 Å². The monoisotopic (exact) mass is 363 g/mol. The average molecular weight is 364 g/mol. The van der Waals surface area contributed by atoms with Crippen molar-refractivity contribution in [2.45, 2.75) is 25.8 Å². The minimum atomic E-state index is -3.16. The number of hydrogen-bond donors (Lipinski definition) is 2. The van der Waals surface area contributed by atoms with Crippen molar-refractivity contribution in [3.8, 4) is 0 Å². The van der Waals surface area contributed by atoms with Crippen molar-refractivity contribution in [1.29, 1.82) is 0 Å². The van der Waals surface area contributed by atoms with Gasteiger partial charge in [-0.2, -0.15) is 0 Å². The molecule has 0 saturated heterocycles. The number of halogens is 1. The minimum Gasteiger partial charge on any atom is -0.355 e. The summed E-state index contributed by atoms with van der Waals surface area (Å²) >= 11 is 0. The van der Waals surface area contributed by atoms with E-state index in [-0.39, 0.29) is 24.1 Å². The van der Waals surface area contributed by atoms with Crippen molar-refractivity contribution >= 4 is 28.3 Å². The number of benzene rings is 1. The molecule has 3 N–H and O–H groups in total. The predicted octanol–water partition coefficient (Wildman–Crippen LogP) is 0.766. The first kappa shape index (κ1) is 21.9. The van der Waals surface area contributed by atoms with E-state index in [1.807, 2.05) is 30.3 Å². The lowest BCUT2D eigenvalue weighted by Gasteiger charge is -2.16. The molecule has 0 spiro atoms. The van der Waals surface area contributed by atoms with E-state index >= 15 is 0 Å². The first-order valence-corrected chi connectivity index (χ1v) is 8.99. The molecule has 6 nitrogen and oxygen atoms in total. The van der Waals surface area contributed by atoms with Crippen LogP contribution in [-0.4, -0.2) is 50.6 Å². The van der Waals surface area contributed by atoms with Gasteiger partial charge < -0.3 is 11.1 Å². The lowest BCUT2D eigenvalue weighted by atomic mass is 10.1. The summed E-state index contributed by atoms with van der Waals surface area (Å²) in [6.45, 7) is 2.39. The van der Waals surface area contributed by atoms with Crippen LogP contribution in [0.5, 0.6) is 0 Å². The third kappa shape index (κ3) is 7.78.